The molecule has 4 heteroatoms. The third kappa shape index (κ3) is 5.35. The molecule has 1 heterocycles. The third-order valence-corrected chi connectivity index (χ3v) is 3.01. The van der Waals surface area contributed by atoms with Crippen LogP contribution in [0.15, 0.2) is 4.99 Å². The van der Waals surface area contributed by atoms with Gasteiger partial charge in [0.05, 0.1) is 6.54 Å². The van der Waals surface area contributed by atoms with Gasteiger partial charge in [0, 0.05) is 12.6 Å². The van der Waals surface area contributed by atoms with E-state index in [0.717, 1.165) is 19.0 Å². The Morgan fingerprint density at radius 3 is 2.62 bits per heavy atom. The molecule has 1 rings (SSSR count). The van der Waals surface area contributed by atoms with Gasteiger partial charge < -0.3 is 16.0 Å². The third-order valence-electron chi connectivity index (χ3n) is 3.01. The van der Waals surface area contributed by atoms with E-state index in [1.54, 1.807) is 0 Å². The molecule has 1 saturated heterocycles. The first kappa shape index (κ1) is 13.3. The van der Waals surface area contributed by atoms with E-state index in [-0.39, 0.29) is 0 Å². The SMILES string of the molecule is CC1CCN(CCN=C(N)NC(C)C)CC1. The summed E-state index contributed by atoms with van der Waals surface area (Å²) in [4.78, 5) is 6.80. The highest BCUT2D eigenvalue weighted by Gasteiger charge is 2.14. The van der Waals surface area contributed by atoms with Crippen LogP contribution in [0.25, 0.3) is 0 Å². The maximum atomic E-state index is 5.73. The summed E-state index contributed by atoms with van der Waals surface area (Å²) in [5.74, 6) is 1.47. The van der Waals surface area contributed by atoms with Gasteiger partial charge in [-0.1, -0.05) is 6.92 Å². The number of aliphatic imine (C=N–C) groups is 1. The van der Waals surface area contributed by atoms with Crippen molar-refractivity contribution >= 4 is 5.96 Å². The molecular formula is C12H26N4. The summed E-state index contributed by atoms with van der Waals surface area (Å²) >= 11 is 0. The van der Waals surface area contributed by atoms with Crippen molar-refractivity contribution in [2.24, 2.45) is 16.6 Å². The van der Waals surface area contributed by atoms with Crippen molar-refractivity contribution in [1.29, 1.82) is 0 Å². The molecule has 0 bridgehead atoms. The minimum absolute atomic E-state index is 0.361. The van der Waals surface area contributed by atoms with E-state index in [9.17, 15) is 0 Å². The summed E-state index contributed by atoms with van der Waals surface area (Å²) in [6.07, 6.45) is 2.65. The van der Waals surface area contributed by atoms with Crippen molar-refractivity contribution in [1.82, 2.24) is 10.2 Å². The van der Waals surface area contributed by atoms with E-state index < -0.39 is 0 Å². The first-order valence-corrected chi connectivity index (χ1v) is 6.36. The molecule has 0 aromatic rings. The van der Waals surface area contributed by atoms with Crippen molar-refractivity contribution in [2.45, 2.75) is 39.7 Å². The molecule has 0 spiro atoms. The Morgan fingerprint density at radius 2 is 2.06 bits per heavy atom. The molecule has 0 atom stereocenters. The van der Waals surface area contributed by atoms with E-state index in [4.69, 9.17) is 5.73 Å². The van der Waals surface area contributed by atoms with Crippen molar-refractivity contribution in [3.8, 4) is 0 Å². The lowest BCUT2D eigenvalue weighted by Crippen LogP contribution is -2.38. The maximum absolute atomic E-state index is 5.73. The van der Waals surface area contributed by atoms with Crippen molar-refractivity contribution < 1.29 is 0 Å². The van der Waals surface area contributed by atoms with Gasteiger partial charge >= 0.3 is 0 Å². The predicted molar refractivity (Wildman–Crippen MR) is 69.6 cm³/mol. The zero-order valence-electron chi connectivity index (χ0n) is 10.9. The second kappa shape index (κ2) is 6.74. The molecule has 1 aliphatic heterocycles. The first-order chi connectivity index (χ1) is 7.58. The highest BCUT2D eigenvalue weighted by Crippen LogP contribution is 2.15. The van der Waals surface area contributed by atoms with E-state index in [1.165, 1.54) is 25.9 Å². The van der Waals surface area contributed by atoms with Crippen LogP contribution in [-0.4, -0.2) is 43.1 Å². The fraction of sp³-hybridized carbons (Fsp3) is 0.917. The molecule has 0 aromatic carbocycles. The number of piperidine rings is 1. The van der Waals surface area contributed by atoms with Crippen LogP contribution in [0.1, 0.15) is 33.6 Å². The predicted octanol–water partition coefficient (Wildman–Crippen LogP) is 1.03. The molecule has 0 unspecified atom stereocenters. The number of hydrogen-bond donors (Lipinski definition) is 2. The topological polar surface area (TPSA) is 53.6 Å². The van der Waals surface area contributed by atoms with E-state index >= 15 is 0 Å². The van der Waals surface area contributed by atoms with Crippen LogP contribution in [0.2, 0.25) is 0 Å². The summed E-state index contributed by atoms with van der Waals surface area (Å²) in [7, 11) is 0. The monoisotopic (exact) mass is 226 g/mol. The highest BCUT2D eigenvalue weighted by atomic mass is 15.2. The molecule has 0 saturated carbocycles. The largest absolute Gasteiger partial charge is 0.370 e. The molecule has 4 nitrogen and oxygen atoms in total. The average molecular weight is 226 g/mol. The van der Waals surface area contributed by atoms with Crippen LogP contribution in [-0.2, 0) is 0 Å². The summed E-state index contributed by atoms with van der Waals surface area (Å²) in [6.45, 7) is 10.7. The molecule has 3 N–H and O–H groups in total. The Hall–Kier alpha value is -0.770. The zero-order chi connectivity index (χ0) is 12.0. The average Bonchev–Trinajstić information content (AvgIpc) is 2.20. The molecule has 94 valence electrons. The lowest BCUT2D eigenvalue weighted by molar-refractivity contribution is 0.197. The smallest absolute Gasteiger partial charge is 0.188 e. The van der Waals surface area contributed by atoms with Gasteiger partial charge in [0.1, 0.15) is 0 Å². The number of hydrogen-bond acceptors (Lipinski definition) is 2. The fourth-order valence-corrected chi connectivity index (χ4v) is 1.94. The van der Waals surface area contributed by atoms with Gasteiger partial charge in [-0.15, -0.1) is 0 Å². The van der Waals surface area contributed by atoms with Gasteiger partial charge in [0.2, 0.25) is 0 Å². The van der Waals surface area contributed by atoms with Crippen LogP contribution in [0.4, 0.5) is 0 Å². The summed E-state index contributed by atoms with van der Waals surface area (Å²) < 4.78 is 0. The number of nitrogens with two attached hydrogens (primary N) is 1. The maximum Gasteiger partial charge on any atom is 0.188 e. The van der Waals surface area contributed by atoms with E-state index in [2.05, 4.69) is 36.0 Å². The minimum atomic E-state index is 0.361. The molecule has 0 aliphatic carbocycles. The minimum Gasteiger partial charge on any atom is -0.370 e. The second-order valence-corrected chi connectivity index (χ2v) is 5.09. The number of likely N-dealkylation sites (tertiary alicyclic amines) is 1. The normalized spacial score (nSPS) is 20.4. The van der Waals surface area contributed by atoms with Crippen LogP contribution in [0, 0.1) is 5.92 Å². The molecule has 0 radical (unpaired) electrons. The molecule has 0 amide bonds. The van der Waals surface area contributed by atoms with Gasteiger partial charge in [0.25, 0.3) is 0 Å². The molecule has 16 heavy (non-hydrogen) atoms. The summed E-state index contributed by atoms with van der Waals surface area (Å²) in [6, 6.07) is 0.361. The van der Waals surface area contributed by atoms with Crippen molar-refractivity contribution in [2.75, 3.05) is 26.2 Å². The highest BCUT2D eigenvalue weighted by molar-refractivity contribution is 5.78. The quantitative estimate of drug-likeness (QED) is 0.556. The van der Waals surface area contributed by atoms with Crippen LogP contribution in [0.5, 0.6) is 0 Å². The molecular weight excluding hydrogens is 200 g/mol. The molecule has 1 fully saturated rings. The van der Waals surface area contributed by atoms with E-state index in [1.807, 2.05) is 0 Å². The summed E-state index contributed by atoms with van der Waals surface area (Å²) in [5.41, 5.74) is 5.73. The van der Waals surface area contributed by atoms with Gasteiger partial charge in [-0.3, -0.25) is 4.99 Å². The fourth-order valence-electron chi connectivity index (χ4n) is 1.94. The van der Waals surface area contributed by atoms with Crippen LogP contribution < -0.4 is 11.1 Å². The van der Waals surface area contributed by atoms with Crippen molar-refractivity contribution in [3.05, 3.63) is 0 Å². The molecule has 0 aromatic heterocycles. The number of nitrogens with one attached hydrogen (secondary N) is 1. The van der Waals surface area contributed by atoms with Crippen molar-refractivity contribution in [3.63, 3.8) is 0 Å². The first-order valence-electron chi connectivity index (χ1n) is 6.36. The van der Waals surface area contributed by atoms with Gasteiger partial charge in [0.15, 0.2) is 5.96 Å². The Bertz CT molecular complexity index is 217. The number of guanidine groups is 1. The molecule has 1 aliphatic rings. The summed E-state index contributed by atoms with van der Waals surface area (Å²) in [5, 5.41) is 3.10. The van der Waals surface area contributed by atoms with Gasteiger partial charge in [-0.25, -0.2) is 0 Å². The van der Waals surface area contributed by atoms with Gasteiger partial charge in [-0.05, 0) is 45.7 Å². The second-order valence-electron chi connectivity index (χ2n) is 5.09. The number of rotatable bonds is 4. The Balaban J connectivity index is 2.15. The standard InChI is InChI=1S/C12H26N4/c1-10(2)15-12(13)14-6-9-16-7-4-11(3)5-8-16/h10-11H,4-9H2,1-3H3,(H3,13,14,15). The van der Waals surface area contributed by atoms with Gasteiger partial charge in [-0.2, -0.15) is 0 Å². The Labute approximate surface area is 99.3 Å². The van der Waals surface area contributed by atoms with Crippen LogP contribution >= 0.6 is 0 Å². The number of nitrogens with zero attached hydrogens (tertiary/aromatic N) is 2. The lowest BCUT2D eigenvalue weighted by atomic mass is 9.99. The lowest BCUT2D eigenvalue weighted by Gasteiger charge is -2.29. The zero-order valence-corrected chi connectivity index (χ0v) is 10.9. The van der Waals surface area contributed by atoms with Crippen LogP contribution in [0.3, 0.4) is 0 Å². The Kier molecular flexibility index (Phi) is 5.60. The van der Waals surface area contributed by atoms with E-state index in [0.29, 0.717) is 12.0 Å². The Morgan fingerprint density at radius 1 is 1.44 bits per heavy atom.